The van der Waals surface area contributed by atoms with Gasteiger partial charge in [-0.05, 0) is 17.5 Å². The van der Waals surface area contributed by atoms with Crippen molar-refractivity contribution in [1.29, 1.82) is 0 Å². The van der Waals surface area contributed by atoms with Gasteiger partial charge < -0.3 is 0 Å². The Morgan fingerprint density at radius 2 is 1.75 bits per heavy atom. The first-order valence-corrected chi connectivity index (χ1v) is 4.21. The van der Waals surface area contributed by atoms with Gasteiger partial charge in [0.15, 0.2) is 0 Å². The van der Waals surface area contributed by atoms with Crippen LogP contribution in [0.1, 0.15) is 25.0 Å². The molecule has 1 aromatic carbocycles. The fourth-order valence-corrected chi connectivity index (χ4v) is 1.20. The Morgan fingerprint density at radius 1 is 1.08 bits per heavy atom. The molecule has 0 unspecified atom stereocenters. The number of benzene rings is 1. The molecule has 1 aliphatic rings. The third-order valence-electron chi connectivity index (χ3n) is 1.69. The maximum absolute atomic E-state index is 2.20. The SMILES string of the molecule is C1=Cc2ccccc2C1.CC.[Ar]. The van der Waals surface area contributed by atoms with Gasteiger partial charge in [-0.3, -0.25) is 0 Å². The summed E-state index contributed by atoms with van der Waals surface area (Å²) in [5, 5.41) is 0. The van der Waals surface area contributed by atoms with Gasteiger partial charge in [0.05, 0.1) is 0 Å². The molecule has 0 amide bonds. The topological polar surface area (TPSA) is 0 Å². The van der Waals surface area contributed by atoms with Crippen molar-refractivity contribution >= 4 is 6.08 Å². The minimum atomic E-state index is 0. The monoisotopic (exact) mass is 186 g/mol. The Bertz CT molecular complexity index is 251. The van der Waals surface area contributed by atoms with Gasteiger partial charge in [-0.25, -0.2) is 0 Å². The summed E-state index contributed by atoms with van der Waals surface area (Å²) in [6.45, 7) is 4.00. The minimum absolute atomic E-state index is 0. The van der Waals surface area contributed by atoms with E-state index < -0.39 is 0 Å². The van der Waals surface area contributed by atoms with Crippen LogP contribution in [0.25, 0.3) is 6.08 Å². The van der Waals surface area contributed by atoms with E-state index in [1.807, 2.05) is 13.8 Å². The second-order valence-corrected chi connectivity index (χ2v) is 2.31. The van der Waals surface area contributed by atoms with Crippen molar-refractivity contribution in [3.05, 3.63) is 41.5 Å². The summed E-state index contributed by atoms with van der Waals surface area (Å²) in [7, 11) is 0. The van der Waals surface area contributed by atoms with Gasteiger partial charge in [0.25, 0.3) is 0 Å². The van der Waals surface area contributed by atoms with Crippen LogP contribution < -0.4 is 0 Å². The van der Waals surface area contributed by atoms with Crippen LogP contribution in [-0.2, 0) is 6.42 Å². The van der Waals surface area contributed by atoms with Crippen molar-refractivity contribution in [2.24, 2.45) is 0 Å². The maximum atomic E-state index is 2.20. The molecule has 0 atom stereocenters. The fraction of sp³-hybridized carbons (Fsp3) is 0.273. The van der Waals surface area contributed by atoms with Crippen molar-refractivity contribution in [3.63, 3.8) is 0 Å². The van der Waals surface area contributed by atoms with Gasteiger partial charge in [0.2, 0.25) is 0 Å². The Morgan fingerprint density at radius 3 is 2.42 bits per heavy atom. The smallest absolute Gasteiger partial charge is 0 e. The molecule has 0 N–H and O–H groups in total. The normalized spacial score (nSPS) is 10.8. The van der Waals surface area contributed by atoms with Gasteiger partial charge in [-0.1, -0.05) is 50.3 Å². The van der Waals surface area contributed by atoms with Crippen molar-refractivity contribution in [3.8, 4) is 0 Å². The van der Waals surface area contributed by atoms with Crippen LogP contribution in [-0.4, -0.2) is 0 Å². The minimum Gasteiger partial charge on any atom is -0.0795 e. The van der Waals surface area contributed by atoms with E-state index in [0.29, 0.717) is 0 Å². The number of hydrogen-bond donors (Lipinski definition) is 0. The molecule has 0 saturated carbocycles. The molecule has 0 bridgehead atoms. The van der Waals surface area contributed by atoms with Crippen LogP contribution in [0.2, 0.25) is 0 Å². The molecule has 0 nitrogen and oxygen atoms in total. The molecule has 1 aliphatic carbocycles. The predicted octanol–water partition coefficient (Wildman–Crippen LogP) is 3.28. The molecule has 0 saturated heterocycles. The second kappa shape index (κ2) is 6.71. The number of rotatable bonds is 0. The first-order chi connectivity index (χ1) is 5.47. The Hall–Kier alpha value is 0.220. The number of fused-ring (bicyclic) bond motifs is 1. The van der Waals surface area contributed by atoms with Gasteiger partial charge in [0.1, 0.15) is 0 Å². The summed E-state index contributed by atoms with van der Waals surface area (Å²) in [5.74, 6) is 0. The quantitative estimate of drug-likeness (QED) is 0.583. The van der Waals surface area contributed by atoms with Crippen molar-refractivity contribution in [1.82, 2.24) is 0 Å². The standard InChI is InChI=1S/C9H8.C2H6.Ar/c1-2-5-9-7-3-6-8(9)4-1;1-2;/h1-6H,7H2;1-2H3;. The molecular formula is C11H14Ar. The number of hydrogen-bond acceptors (Lipinski definition) is 0. The molecule has 0 spiro atoms. The summed E-state index contributed by atoms with van der Waals surface area (Å²) in [6, 6.07) is 8.49. The zero-order valence-corrected chi connectivity index (χ0v) is 8.23. The zero-order valence-electron chi connectivity index (χ0n) is 7.52. The van der Waals surface area contributed by atoms with Crippen molar-refractivity contribution in [2.75, 3.05) is 0 Å². The van der Waals surface area contributed by atoms with Crippen LogP contribution in [0.5, 0.6) is 0 Å². The van der Waals surface area contributed by atoms with E-state index >= 15 is 0 Å². The summed E-state index contributed by atoms with van der Waals surface area (Å²) in [6.07, 6.45) is 5.50. The van der Waals surface area contributed by atoms with E-state index in [0.717, 1.165) is 6.42 Å². The van der Waals surface area contributed by atoms with E-state index in [9.17, 15) is 0 Å². The van der Waals surface area contributed by atoms with Gasteiger partial charge >= 0.3 is 0 Å². The summed E-state index contributed by atoms with van der Waals surface area (Å²) >= 11 is 0. The molecule has 1 aromatic rings. The summed E-state index contributed by atoms with van der Waals surface area (Å²) in [5.41, 5.74) is 2.84. The molecule has 2 rings (SSSR count). The van der Waals surface area contributed by atoms with E-state index in [4.69, 9.17) is 0 Å². The van der Waals surface area contributed by atoms with E-state index in [-0.39, 0.29) is 37.7 Å². The van der Waals surface area contributed by atoms with E-state index in [2.05, 4.69) is 36.4 Å². The Labute approximate surface area is 105 Å². The van der Waals surface area contributed by atoms with E-state index in [1.165, 1.54) is 11.1 Å². The zero-order chi connectivity index (χ0) is 8.10. The first kappa shape index (κ1) is 12.2. The molecule has 0 aromatic heterocycles. The molecular weight excluding hydrogens is 172 g/mol. The molecule has 66 valence electrons. The molecule has 1 heteroatoms. The summed E-state index contributed by atoms with van der Waals surface area (Å²) in [4.78, 5) is 0. The average molecular weight is 186 g/mol. The third kappa shape index (κ3) is 2.93. The first-order valence-electron chi connectivity index (χ1n) is 4.21. The molecule has 0 aliphatic heterocycles. The Kier molecular flexibility index (Phi) is 6.83. The van der Waals surface area contributed by atoms with Crippen LogP contribution in [0.3, 0.4) is 0 Å². The van der Waals surface area contributed by atoms with Crippen molar-refractivity contribution in [2.45, 2.75) is 20.3 Å². The largest absolute Gasteiger partial charge is 0.0795 e. The molecule has 0 heterocycles. The van der Waals surface area contributed by atoms with Gasteiger partial charge in [-0.2, -0.15) is 0 Å². The van der Waals surface area contributed by atoms with Crippen LogP contribution in [0, 0.1) is 37.7 Å². The maximum Gasteiger partial charge on any atom is 0 e. The predicted molar refractivity (Wildman–Crippen MR) is 50.5 cm³/mol. The Balaban J connectivity index is 0.000000378. The van der Waals surface area contributed by atoms with E-state index in [1.54, 1.807) is 0 Å². The average Bonchev–Trinajstić information content (AvgIpc) is 2.55. The molecule has 0 fully saturated rings. The van der Waals surface area contributed by atoms with Crippen LogP contribution >= 0.6 is 0 Å². The van der Waals surface area contributed by atoms with Crippen LogP contribution in [0.4, 0.5) is 0 Å². The molecule has 12 heavy (non-hydrogen) atoms. The van der Waals surface area contributed by atoms with Gasteiger partial charge in [-0.15, -0.1) is 0 Å². The summed E-state index contributed by atoms with van der Waals surface area (Å²) < 4.78 is 0. The number of allylic oxidation sites excluding steroid dienone is 1. The molecule has 0 radical (unpaired) electrons. The third-order valence-corrected chi connectivity index (χ3v) is 1.69. The van der Waals surface area contributed by atoms with Crippen molar-refractivity contribution < 1.29 is 37.7 Å². The van der Waals surface area contributed by atoms with Gasteiger partial charge in [0, 0.05) is 37.7 Å². The fourth-order valence-electron chi connectivity index (χ4n) is 1.20. The second-order valence-electron chi connectivity index (χ2n) is 2.31. The van der Waals surface area contributed by atoms with Crippen LogP contribution in [0.15, 0.2) is 30.3 Å².